The lowest BCUT2D eigenvalue weighted by atomic mass is 9.80. The molecule has 1 saturated carbocycles. The van der Waals surface area contributed by atoms with Gasteiger partial charge in [-0.3, -0.25) is 4.79 Å². The molecule has 4 atom stereocenters. The number of hydrogen-bond acceptors (Lipinski definition) is 3. The van der Waals surface area contributed by atoms with Gasteiger partial charge in [0.2, 0.25) is 0 Å². The highest BCUT2D eigenvalue weighted by molar-refractivity contribution is 5.78. The van der Waals surface area contributed by atoms with Crippen molar-refractivity contribution in [1.82, 2.24) is 5.32 Å². The lowest BCUT2D eigenvalue weighted by Crippen LogP contribution is -2.53. The van der Waals surface area contributed by atoms with Crippen LogP contribution in [0.2, 0.25) is 0 Å². The van der Waals surface area contributed by atoms with Crippen LogP contribution in [0.5, 0.6) is 0 Å². The van der Waals surface area contributed by atoms with E-state index in [4.69, 9.17) is 4.74 Å². The molecule has 1 fully saturated rings. The summed E-state index contributed by atoms with van der Waals surface area (Å²) in [4.78, 5) is 11.3. The van der Waals surface area contributed by atoms with Gasteiger partial charge >= 0.3 is 5.97 Å². The molecular formula is C14H27NO3. The highest BCUT2D eigenvalue weighted by Crippen LogP contribution is 2.31. The van der Waals surface area contributed by atoms with Crippen molar-refractivity contribution in [3.8, 4) is 0 Å². The van der Waals surface area contributed by atoms with Crippen molar-refractivity contribution in [3.05, 3.63) is 0 Å². The van der Waals surface area contributed by atoms with E-state index in [0.29, 0.717) is 12.5 Å². The predicted molar refractivity (Wildman–Crippen MR) is 71.6 cm³/mol. The number of carbonyl (C=O) groups is 1. The SMILES string of the molecule is CCNC(C)(COC1CCC(C)C(C)C1)C(=O)O. The molecule has 0 saturated heterocycles. The van der Waals surface area contributed by atoms with E-state index in [2.05, 4.69) is 19.2 Å². The van der Waals surface area contributed by atoms with Crippen LogP contribution in [0.3, 0.4) is 0 Å². The molecule has 4 unspecified atom stereocenters. The summed E-state index contributed by atoms with van der Waals surface area (Å²) in [5, 5.41) is 12.2. The zero-order valence-corrected chi connectivity index (χ0v) is 12.0. The van der Waals surface area contributed by atoms with E-state index < -0.39 is 11.5 Å². The molecule has 0 aromatic heterocycles. The largest absolute Gasteiger partial charge is 0.480 e. The monoisotopic (exact) mass is 257 g/mol. The zero-order valence-electron chi connectivity index (χ0n) is 12.0. The summed E-state index contributed by atoms with van der Waals surface area (Å²) in [5.74, 6) is 0.574. The van der Waals surface area contributed by atoms with E-state index in [9.17, 15) is 9.90 Å². The van der Waals surface area contributed by atoms with Crippen molar-refractivity contribution < 1.29 is 14.6 Å². The van der Waals surface area contributed by atoms with Crippen LogP contribution < -0.4 is 5.32 Å². The van der Waals surface area contributed by atoms with E-state index in [1.54, 1.807) is 6.92 Å². The quantitative estimate of drug-likeness (QED) is 0.766. The Labute approximate surface area is 110 Å². The number of ether oxygens (including phenoxy) is 1. The number of nitrogens with one attached hydrogen (secondary N) is 1. The van der Waals surface area contributed by atoms with Gasteiger partial charge in [-0.05, 0) is 44.6 Å². The standard InChI is InChI=1S/C14H27NO3/c1-5-15-14(4,13(16)17)9-18-12-7-6-10(2)11(3)8-12/h10-12,15H,5-9H2,1-4H3,(H,16,17). The molecule has 0 bridgehead atoms. The lowest BCUT2D eigenvalue weighted by molar-refractivity contribution is -0.148. The molecule has 106 valence electrons. The van der Waals surface area contributed by atoms with Gasteiger partial charge in [0.15, 0.2) is 0 Å². The van der Waals surface area contributed by atoms with Crippen LogP contribution >= 0.6 is 0 Å². The summed E-state index contributed by atoms with van der Waals surface area (Å²) in [6, 6.07) is 0. The van der Waals surface area contributed by atoms with Gasteiger partial charge in [-0.15, -0.1) is 0 Å². The fourth-order valence-corrected chi connectivity index (χ4v) is 2.51. The molecule has 0 spiro atoms. The Morgan fingerprint density at radius 2 is 2.06 bits per heavy atom. The van der Waals surface area contributed by atoms with Crippen LogP contribution in [0.4, 0.5) is 0 Å². The molecule has 0 amide bonds. The van der Waals surface area contributed by atoms with E-state index in [1.165, 1.54) is 6.42 Å². The molecule has 0 heterocycles. The second kappa shape index (κ2) is 6.53. The van der Waals surface area contributed by atoms with Gasteiger partial charge in [0, 0.05) is 0 Å². The molecule has 1 aliphatic carbocycles. The third kappa shape index (κ3) is 3.95. The number of likely N-dealkylation sites (N-methyl/N-ethyl adjacent to an activating group) is 1. The van der Waals surface area contributed by atoms with Gasteiger partial charge in [0.25, 0.3) is 0 Å². The molecule has 0 aliphatic heterocycles. The summed E-state index contributed by atoms with van der Waals surface area (Å²) >= 11 is 0. The number of aliphatic carboxylic acids is 1. The predicted octanol–water partition coefficient (Wildman–Crippen LogP) is 2.28. The smallest absolute Gasteiger partial charge is 0.326 e. The molecule has 4 heteroatoms. The Balaban J connectivity index is 2.45. The Bertz CT molecular complexity index is 282. The lowest BCUT2D eigenvalue weighted by Gasteiger charge is -2.34. The highest BCUT2D eigenvalue weighted by atomic mass is 16.5. The first kappa shape index (κ1) is 15.4. The molecule has 1 rings (SSSR count). The third-order valence-electron chi connectivity index (χ3n) is 4.20. The maximum atomic E-state index is 11.3. The molecule has 4 nitrogen and oxygen atoms in total. The van der Waals surface area contributed by atoms with Crippen LogP contribution in [0, 0.1) is 11.8 Å². The number of hydrogen-bond donors (Lipinski definition) is 2. The van der Waals surface area contributed by atoms with Gasteiger partial charge in [-0.1, -0.05) is 20.8 Å². The van der Waals surface area contributed by atoms with Gasteiger partial charge in [-0.2, -0.15) is 0 Å². The minimum atomic E-state index is -0.971. The maximum absolute atomic E-state index is 11.3. The molecule has 18 heavy (non-hydrogen) atoms. The van der Waals surface area contributed by atoms with Crippen molar-refractivity contribution in [2.45, 2.75) is 58.6 Å². The maximum Gasteiger partial charge on any atom is 0.326 e. The van der Waals surface area contributed by atoms with E-state index >= 15 is 0 Å². The molecular weight excluding hydrogens is 230 g/mol. The summed E-state index contributed by atoms with van der Waals surface area (Å²) in [6.07, 6.45) is 3.49. The van der Waals surface area contributed by atoms with Crippen molar-refractivity contribution in [2.75, 3.05) is 13.2 Å². The van der Waals surface area contributed by atoms with Crippen molar-refractivity contribution in [2.24, 2.45) is 11.8 Å². The van der Waals surface area contributed by atoms with Gasteiger partial charge in [0.1, 0.15) is 5.54 Å². The first-order chi connectivity index (χ1) is 8.39. The number of carboxylic acids is 1. The van der Waals surface area contributed by atoms with Crippen molar-refractivity contribution in [1.29, 1.82) is 0 Å². The van der Waals surface area contributed by atoms with Crippen LogP contribution in [0.15, 0.2) is 0 Å². The Morgan fingerprint density at radius 3 is 2.56 bits per heavy atom. The van der Waals surface area contributed by atoms with Gasteiger partial charge in [-0.25, -0.2) is 0 Å². The Morgan fingerprint density at radius 1 is 1.39 bits per heavy atom. The van der Waals surface area contributed by atoms with Crippen molar-refractivity contribution >= 4 is 5.97 Å². The molecule has 0 aromatic carbocycles. The minimum absolute atomic E-state index is 0.216. The van der Waals surface area contributed by atoms with Gasteiger partial charge < -0.3 is 15.2 Å². The van der Waals surface area contributed by atoms with Gasteiger partial charge in [0.05, 0.1) is 12.7 Å². The van der Waals surface area contributed by atoms with Crippen LogP contribution in [0.25, 0.3) is 0 Å². The summed E-state index contributed by atoms with van der Waals surface area (Å²) < 4.78 is 5.84. The second-order valence-corrected chi connectivity index (χ2v) is 5.87. The van der Waals surface area contributed by atoms with E-state index in [0.717, 1.165) is 18.8 Å². The van der Waals surface area contributed by atoms with Crippen molar-refractivity contribution in [3.63, 3.8) is 0 Å². The summed E-state index contributed by atoms with van der Waals surface area (Å²) in [6.45, 7) is 8.99. The number of rotatable bonds is 6. The van der Waals surface area contributed by atoms with Crippen LogP contribution in [-0.2, 0) is 9.53 Å². The average molecular weight is 257 g/mol. The molecule has 0 radical (unpaired) electrons. The van der Waals surface area contributed by atoms with E-state index in [-0.39, 0.29) is 12.7 Å². The molecule has 1 aliphatic rings. The average Bonchev–Trinajstić information content (AvgIpc) is 2.31. The zero-order chi connectivity index (χ0) is 13.8. The fraction of sp³-hybridized carbons (Fsp3) is 0.929. The summed E-state index contributed by atoms with van der Waals surface area (Å²) in [7, 11) is 0. The first-order valence-electron chi connectivity index (χ1n) is 6.99. The fourth-order valence-electron chi connectivity index (χ4n) is 2.51. The van der Waals surface area contributed by atoms with E-state index in [1.807, 2.05) is 6.92 Å². The third-order valence-corrected chi connectivity index (χ3v) is 4.20. The Hall–Kier alpha value is -0.610. The Kier molecular flexibility index (Phi) is 5.60. The minimum Gasteiger partial charge on any atom is -0.480 e. The topological polar surface area (TPSA) is 58.6 Å². The number of carboxylic acid groups (broad SMARTS) is 1. The first-order valence-corrected chi connectivity index (χ1v) is 6.99. The summed E-state index contributed by atoms with van der Waals surface area (Å²) in [5.41, 5.74) is -0.971. The normalized spacial score (nSPS) is 31.9. The van der Waals surface area contributed by atoms with Crippen LogP contribution in [-0.4, -0.2) is 35.9 Å². The van der Waals surface area contributed by atoms with Crippen LogP contribution in [0.1, 0.15) is 47.0 Å². The molecule has 2 N–H and O–H groups in total. The molecule has 0 aromatic rings. The second-order valence-electron chi connectivity index (χ2n) is 5.87. The highest BCUT2D eigenvalue weighted by Gasteiger charge is 2.34.